The zero-order valence-electron chi connectivity index (χ0n) is 10.3. The van der Waals surface area contributed by atoms with Crippen molar-refractivity contribution in [2.75, 3.05) is 4.90 Å². The maximum atomic E-state index is 13.2. The third-order valence-corrected chi connectivity index (χ3v) is 4.45. The van der Waals surface area contributed by atoms with E-state index < -0.39 is 29.1 Å². The standard InChI is InChI=1S/C13H10BrFN2O3/c14-8-6-7(2-3-9(8)15)17-11(19)13(4-1-5-13)10(18)16-12(17)20/h2-3,6H,1,4-5H2,(H,16,18,20). The Kier molecular flexibility index (Phi) is 2.89. The fraction of sp³-hybridized carbons (Fsp3) is 0.308. The summed E-state index contributed by atoms with van der Waals surface area (Å²) in [6, 6.07) is 3.04. The minimum atomic E-state index is -1.13. The van der Waals surface area contributed by atoms with E-state index in [2.05, 4.69) is 21.2 Å². The largest absolute Gasteiger partial charge is 0.335 e. The molecular formula is C13H10BrFN2O3. The summed E-state index contributed by atoms with van der Waals surface area (Å²) in [6.07, 6.45) is 1.64. The Balaban J connectivity index is 2.03. The number of benzene rings is 1. The Hall–Kier alpha value is -1.76. The van der Waals surface area contributed by atoms with Crippen molar-refractivity contribution < 1.29 is 18.8 Å². The molecule has 0 bridgehead atoms. The van der Waals surface area contributed by atoms with Gasteiger partial charge >= 0.3 is 6.03 Å². The van der Waals surface area contributed by atoms with Crippen LogP contribution in [0.25, 0.3) is 0 Å². The summed E-state index contributed by atoms with van der Waals surface area (Å²) in [5.74, 6) is -1.56. The molecule has 0 radical (unpaired) electrons. The van der Waals surface area contributed by atoms with Crippen molar-refractivity contribution in [1.29, 1.82) is 0 Å². The molecular weight excluding hydrogens is 331 g/mol. The molecule has 2 fully saturated rings. The minimum absolute atomic E-state index is 0.148. The molecule has 1 aliphatic heterocycles. The number of carbonyl (C=O) groups is 3. The number of carbonyl (C=O) groups excluding carboxylic acids is 3. The molecule has 1 N–H and O–H groups in total. The van der Waals surface area contributed by atoms with E-state index in [9.17, 15) is 18.8 Å². The molecule has 1 aromatic carbocycles. The summed E-state index contributed by atoms with van der Waals surface area (Å²) >= 11 is 3.01. The molecule has 5 nitrogen and oxygen atoms in total. The molecule has 1 aliphatic carbocycles. The monoisotopic (exact) mass is 340 g/mol. The number of amides is 4. The van der Waals surface area contributed by atoms with Gasteiger partial charge in [-0.05, 0) is 47.0 Å². The van der Waals surface area contributed by atoms with Crippen molar-refractivity contribution in [2.24, 2.45) is 5.41 Å². The van der Waals surface area contributed by atoms with Crippen LogP contribution in [-0.4, -0.2) is 17.8 Å². The highest BCUT2D eigenvalue weighted by Crippen LogP contribution is 2.45. The van der Waals surface area contributed by atoms with Gasteiger partial charge in [-0.3, -0.25) is 14.9 Å². The number of nitrogens with one attached hydrogen (secondary N) is 1. The average Bonchev–Trinajstić information content (AvgIpc) is 2.31. The van der Waals surface area contributed by atoms with E-state index in [1.165, 1.54) is 12.1 Å². The quantitative estimate of drug-likeness (QED) is 0.798. The molecule has 1 heterocycles. The van der Waals surface area contributed by atoms with Crippen LogP contribution in [0.4, 0.5) is 14.9 Å². The number of urea groups is 1. The molecule has 20 heavy (non-hydrogen) atoms. The minimum Gasteiger partial charge on any atom is -0.276 e. The second kappa shape index (κ2) is 4.37. The maximum Gasteiger partial charge on any atom is 0.335 e. The first-order chi connectivity index (χ1) is 9.45. The second-order valence-corrected chi connectivity index (χ2v) is 5.79. The van der Waals surface area contributed by atoms with Crippen LogP contribution in [0.5, 0.6) is 0 Å². The summed E-state index contributed by atoms with van der Waals surface area (Å²) in [7, 11) is 0. The molecule has 7 heteroatoms. The first-order valence-corrected chi connectivity index (χ1v) is 6.90. The van der Waals surface area contributed by atoms with Gasteiger partial charge in [-0.1, -0.05) is 6.42 Å². The predicted molar refractivity (Wildman–Crippen MR) is 71.4 cm³/mol. The van der Waals surface area contributed by atoms with Crippen LogP contribution in [0, 0.1) is 11.2 Å². The van der Waals surface area contributed by atoms with E-state index in [0.29, 0.717) is 12.8 Å². The van der Waals surface area contributed by atoms with E-state index in [-0.39, 0.29) is 10.2 Å². The first-order valence-electron chi connectivity index (χ1n) is 6.11. The number of nitrogens with zero attached hydrogens (tertiary/aromatic N) is 1. The van der Waals surface area contributed by atoms with Gasteiger partial charge in [0.25, 0.3) is 5.91 Å². The zero-order valence-corrected chi connectivity index (χ0v) is 11.9. The number of anilines is 1. The summed E-state index contributed by atoms with van der Waals surface area (Å²) in [5, 5.41) is 2.20. The van der Waals surface area contributed by atoms with Crippen LogP contribution in [0.1, 0.15) is 19.3 Å². The van der Waals surface area contributed by atoms with Crippen molar-refractivity contribution >= 4 is 39.5 Å². The Bertz CT molecular complexity index is 643. The average molecular weight is 341 g/mol. The van der Waals surface area contributed by atoms with E-state index in [0.717, 1.165) is 17.4 Å². The lowest BCUT2D eigenvalue weighted by molar-refractivity contribution is -0.148. The van der Waals surface area contributed by atoms with Gasteiger partial charge in [0.1, 0.15) is 11.2 Å². The molecule has 104 valence electrons. The fourth-order valence-corrected chi connectivity index (χ4v) is 2.87. The Morgan fingerprint density at radius 2 is 1.95 bits per heavy atom. The van der Waals surface area contributed by atoms with Crippen molar-refractivity contribution in [2.45, 2.75) is 19.3 Å². The number of rotatable bonds is 1. The smallest absolute Gasteiger partial charge is 0.276 e. The van der Waals surface area contributed by atoms with Crippen LogP contribution in [0.2, 0.25) is 0 Å². The highest BCUT2D eigenvalue weighted by atomic mass is 79.9. The highest BCUT2D eigenvalue weighted by Gasteiger charge is 2.57. The zero-order chi connectivity index (χ0) is 14.5. The Morgan fingerprint density at radius 1 is 1.25 bits per heavy atom. The van der Waals surface area contributed by atoms with Crippen LogP contribution >= 0.6 is 15.9 Å². The number of hydrogen-bond donors (Lipinski definition) is 1. The maximum absolute atomic E-state index is 13.2. The lowest BCUT2D eigenvalue weighted by Gasteiger charge is -2.44. The summed E-state index contributed by atoms with van der Waals surface area (Å²) in [6.45, 7) is 0. The van der Waals surface area contributed by atoms with Crippen LogP contribution in [-0.2, 0) is 9.59 Å². The molecule has 1 aromatic rings. The van der Waals surface area contributed by atoms with Gasteiger partial charge in [-0.15, -0.1) is 0 Å². The normalized spacial score (nSPS) is 20.9. The second-order valence-electron chi connectivity index (χ2n) is 4.93. The van der Waals surface area contributed by atoms with Crippen LogP contribution in [0.3, 0.4) is 0 Å². The third kappa shape index (κ3) is 1.69. The number of hydrogen-bond acceptors (Lipinski definition) is 3. The van der Waals surface area contributed by atoms with E-state index in [1.807, 2.05) is 0 Å². The lowest BCUT2D eigenvalue weighted by atomic mass is 9.66. The van der Waals surface area contributed by atoms with E-state index in [4.69, 9.17) is 0 Å². The highest BCUT2D eigenvalue weighted by molar-refractivity contribution is 9.10. The molecule has 4 amide bonds. The molecule has 0 aromatic heterocycles. The number of barbiturate groups is 1. The van der Waals surface area contributed by atoms with Gasteiger partial charge in [0.2, 0.25) is 5.91 Å². The molecule has 1 spiro atoms. The molecule has 3 rings (SSSR count). The van der Waals surface area contributed by atoms with Gasteiger partial charge < -0.3 is 0 Å². The Labute approximate surface area is 122 Å². The van der Waals surface area contributed by atoms with Gasteiger partial charge in [0, 0.05) is 0 Å². The fourth-order valence-electron chi connectivity index (χ4n) is 2.51. The first kappa shape index (κ1) is 13.2. The van der Waals surface area contributed by atoms with Gasteiger partial charge in [-0.25, -0.2) is 14.1 Å². The van der Waals surface area contributed by atoms with Gasteiger partial charge in [0.15, 0.2) is 0 Å². The molecule has 1 saturated carbocycles. The summed E-state index contributed by atoms with van der Waals surface area (Å²) in [4.78, 5) is 37.2. The SMILES string of the molecule is O=C1NC(=O)C2(CCC2)C(=O)N1c1ccc(F)c(Br)c1. The lowest BCUT2D eigenvalue weighted by Crippen LogP contribution is -2.66. The van der Waals surface area contributed by atoms with Gasteiger partial charge in [-0.2, -0.15) is 0 Å². The van der Waals surface area contributed by atoms with E-state index in [1.54, 1.807) is 0 Å². The predicted octanol–water partition coefficient (Wildman–Crippen LogP) is 2.34. The van der Waals surface area contributed by atoms with Crippen molar-refractivity contribution in [3.8, 4) is 0 Å². The topological polar surface area (TPSA) is 66.5 Å². The number of halogens is 2. The number of imide groups is 2. The van der Waals surface area contributed by atoms with Crippen molar-refractivity contribution in [3.63, 3.8) is 0 Å². The van der Waals surface area contributed by atoms with Crippen LogP contribution < -0.4 is 10.2 Å². The molecule has 0 atom stereocenters. The van der Waals surface area contributed by atoms with Crippen LogP contribution in [0.15, 0.2) is 22.7 Å². The molecule has 0 unspecified atom stereocenters. The Morgan fingerprint density at radius 3 is 2.50 bits per heavy atom. The van der Waals surface area contributed by atoms with Gasteiger partial charge in [0.05, 0.1) is 10.2 Å². The summed E-state index contributed by atoms with van der Waals surface area (Å²) < 4.78 is 13.4. The molecule has 2 aliphatic rings. The van der Waals surface area contributed by atoms with Crippen molar-refractivity contribution in [1.82, 2.24) is 5.32 Å². The van der Waals surface area contributed by atoms with Crippen molar-refractivity contribution in [3.05, 3.63) is 28.5 Å². The summed E-state index contributed by atoms with van der Waals surface area (Å²) in [5.41, 5.74) is -0.894. The third-order valence-electron chi connectivity index (χ3n) is 3.84. The molecule has 1 saturated heterocycles. The van der Waals surface area contributed by atoms with E-state index >= 15 is 0 Å².